The second kappa shape index (κ2) is 6.97. The fourth-order valence-electron chi connectivity index (χ4n) is 2.65. The quantitative estimate of drug-likeness (QED) is 0.938. The van der Waals surface area contributed by atoms with Crippen LogP contribution in [0.5, 0.6) is 0 Å². The third kappa shape index (κ3) is 3.54. The van der Waals surface area contributed by atoms with Crippen LogP contribution in [0.1, 0.15) is 27.2 Å². The first-order valence-corrected chi connectivity index (χ1v) is 8.09. The van der Waals surface area contributed by atoms with E-state index in [1.165, 1.54) is 0 Å². The van der Waals surface area contributed by atoms with Gasteiger partial charge in [0.25, 0.3) is 5.91 Å². The monoisotopic (exact) mass is 326 g/mol. The molecule has 3 rings (SSSR count). The van der Waals surface area contributed by atoms with Gasteiger partial charge in [-0.3, -0.25) is 4.79 Å². The fraction of sp³-hybridized carbons (Fsp3) is 0.389. The van der Waals surface area contributed by atoms with E-state index in [9.17, 15) is 4.79 Å². The number of ether oxygens (including phenoxy) is 1. The van der Waals surface area contributed by atoms with Crippen molar-refractivity contribution in [1.29, 1.82) is 0 Å². The molecule has 2 heterocycles. The average Bonchev–Trinajstić information content (AvgIpc) is 2.58. The predicted octanol–water partition coefficient (Wildman–Crippen LogP) is 2.49. The molecular formula is C18H22N4O2. The summed E-state index contributed by atoms with van der Waals surface area (Å²) in [4.78, 5) is 23.5. The number of nitrogens with one attached hydrogen (secondary N) is 1. The number of amides is 1. The van der Waals surface area contributed by atoms with Gasteiger partial charge in [0.05, 0.1) is 24.5 Å². The first kappa shape index (κ1) is 16.4. The summed E-state index contributed by atoms with van der Waals surface area (Å²) in [5, 5.41) is 2.95. The van der Waals surface area contributed by atoms with Crippen LogP contribution in [0.4, 0.5) is 11.6 Å². The smallest absolute Gasteiger partial charge is 0.259 e. The van der Waals surface area contributed by atoms with Crippen LogP contribution in [0.2, 0.25) is 0 Å². The molecule has 1 fully saturated rings. The van der Waals surface area contributed by atoms with Crippen molar-refractivity contribution in [2.45, 2.75) is 20.8 Å². The molecule has 0 radical (unpaired) electrons. The van der Waals surface area contributed by atoms with Gasteiger partial charge in [-0.1, -0.05) is 12.1 Å². The number of rotatable bonds is 3. The van der Waals surface area contributed by atoms with Crippen molar-refractivity contribution in [3.63, 3.8) is 0 Å². The lowest BCUT2D eigenvalue weighted by Gasteiger charge is -2.27. The first-order valence-electron chi connectivity index (χ1n) is 8.09. The van der Waals surface area contributed by atoms with Gasteiger partial charge in [0.15, 0.2) is 0 Å². The zero-order chi connectivity index (χ0) is 17.1. The number of aryl methyl sites for hydroxylation is 3. The molecule has 0 aliphatic carbocycles. The normalized spacial score (nSPS) is 14.5. The molecule has 1 amide bonds. The zero-order valence-electron chi connectivity index (χ0n) is 14.3. The molecular weight excluding hydrogens is 304 g/mol. The van der Waals surface area contributed by atoms with E-state index in [0.29, 0.717) is 30.4 Å². The van der Waals surface area contributed by atoms with Crippen molar-refractivity contribution in [1.82, 2.24) is 9.97 Å². The van der Waals surface area contributed by atoms with Gasteiger partial charge in [0.1, 0.15) is 0 Å². The van der Waals surface area contributed by atoms with Crippen molar-refractivity contribution in [3.05, 3.63) is 46.8 Å². The minimum Gasteiger partial charge on any atom is -0.378 e. The summed E-state index contributed by atoms with van der Waals surface area (Å²) >= 11 is 0. The number of carbonyl (C=O) groups excluding carboxylic acids is 1. The molecule has 1 aliphatic heterocycles. The molecule has 6 heteroatoms. The molecule has 1 aromatic heterocycles. The molecule has 0 atom stereocenters. The fourth-order valence-corrected chi connectivity index (χ4v) is 2.65. The Morgan fingerprint density at radius 1 is 1.21 bits per heavy atom. The summed E-state index contributed by atoms with van der Waals surface area (Å²) < 4.78 is 5.34. The topological polar surface area (TPSA) is 67.4 Å². The average molecular weight is 326 g/mol. The summed E-state index contributed by atoms with van der Waals surface area (Å²) in [6.45, 7) is 8.71. The van der Waals surface area contributed by atoms with Gasteiger partial charge in [-0.2, -0.15) is 0 Å². The second-order valence-electron chi connectivity index (χ2n) is 6.04. The predicted molar refractivity (Wildman–Crippen MR) is 93.7 cm³/mol. The van der Waals surface area contributed by atoms with Crippen LogP contribution in [0, 0.1) is 20.8 Å². The standard InChI is InChI=1S/C18H22N4O2/c1-12-4-5-13(2)16(10-12)21-17(23)15-11-19-18(20-14(15)3)22-6-8-24-9-7-22/h4-5,10-11H,6-9H2,1-3H3,(H,21,23). The van der Waals surface area contributed by atoms with E-state index in [4.69, 9.17) is 4.74 Å². The third-order valence-corrected chi connectivity index (χ3v) is 4.15. The number of aromatic nitrogens is 2. The van der Waals surface area contributed by atoms with Crippen molar-refractivity contribution >= 4 is 17.5 Å². The van der Waals surface area contributed by atoms with Crippen LogP contribution in [0.15, 0.2) is 24.4 Å². The lowest BCUT2D eigenvalue weighted by molar-refractivity contribution is 0.102. The lowest BCUT2D eigenvalue weighted by atomic mass is 10.1. The van der Waals surface area contributed by atoms with Crippen LogP contribution >= 0.6 is 0 Å². The van der Waals surface area contributed by atoms with Crippen LogP contribution in [-0.4, -0.2) is 42.2 Å². The van der Waals surface area contributed by atoms with E-state index in [1.54, 1.807) is 6.20 Å². The highest BCUT2D eigenvalue weighted by Gasteiger charge is 2.17. The number of hydrogen-bond acceptors (Lipinski definition) is 5. The molecule has 0 unspecified atom stereocenters. The summed E-state index contributed by atoms with van der Waals surface area (Å²) in [5.41, 5.74) is 4.11. The van der Waals surface area contributed by atoms with E-state index < -0.39 is 0 Å². The van der Waals surface area contributed by atoms with Gasteiger partial charge in [-0.25, -0.2) is 9.97 Å². The molecule has 1 aliphatic rings. The number of nitrogens with zero attached hydrogens (tertiary/aromatic N) is 3. The maximum Gasteiger partial charge on any atom is 0.259 e. The summed E-state index contributed by atoms with van der Waals surface area (Å²) in [7, 11) is 0. The molecule has 126 valence electrons. The maximum atomic E-state index is 12.6. The van der Waals surface area contributed by atoms with Crippen molar-refractivity contribution in [2.75, 3.05) is 36.5 Å². The zero-order valence-corrected chi connectivity index (χ0v) is 14.3. The van der Waals surface area contributed by atoms with Gasteiger partial charge < -0.3 is 15.0 Å². The molecule has 1 N–H and O–H groups in total. The van der Waals surface area contributed by atoms with E-state index in [-0.39, 0.29) is 5.91 Å². The Morgan fingerprint density at radius 3 is 2.67 bits per heavy atom. The highest BCUT2D eigenvalue weighted by atomic mass is 16.5. The van der Waals surface area contributed by atoms with E-state index in [0.717, 1.165) is 29.9 Å². The molecule has 0 spiro atoms. The van der Waals surface area contributed by atoms with Gasteiger partial charge >= 0.3 is 0 Å². The Hall–Kier alpha value is -2.47. The first-order chi connectivity index (χ1) is 11.5. The largest absolute Gasteiger partial charge is 0.378 e. The number of hydrogen-bond donors (Lipinski definition) is 1. The number of benzene rings is 1. The molecule has 1 aromatic carbocycles. The summed E-state index contributed by atoms with van der Waals surface area (Å²) in [6.07, 6.45) is 1.60. The van der Waals surface area contributed by atoms with Crippen molar-refractivity contribution in [2.24, 2.45) is 0 Å². The Labute approximate surface area is 141 Å². The molecule has 1 saturated heterocycles. The van der Waals surface area contributed by atoms with Crippen LogP contribution in [-0.2, 0) is 4.74 Å². The Bertz CT molecular complexity index is 755. The minimum absolute atomic E-state index is 0.185. The highest BCUT2D eigenvalue weighted by molar-refractivity contribution is 6.05. The van der Waals surface area contributed by atoms with Crippen LogP contribution in [0.3, 0.4) is 0 Å². The Morgan fingerprint density at radius 2 is 1.96 bits per heavy atom. The third-order valence-electron chi connectivity index (χ3n) is 4.15. The summed E-state index contributed by atoms with van der Waals surface area (Å²) in [5.74, 6) is 0.466. The summed E-state index contributed by atoms with van der Waals surface area (Å²) in [6, 6.07) is 5.98. The minimum atomic E-state index is -0.185. The van der Waals surface area contributed by atoms with Gasteiger partial charge in [0.2, 0.25) is 5.95 Å². The van der Waals surface area contributed by atoms with Gasteiger partial charge in [-0.15, -0.1) is 0 Å². The Kier molecular flexibility index (Phi) is 4.76. The van der Waals surface area contributed by atoms with Crippen molar-refractivity contribution < 1.29 is 9.53 Å². The van der Waals surface area contributed by atoms with E-state index in [2.05, 4.69) is 20.2 Å². The van der Waals surface area contributed by atoms with Crippen LogP contribution < -0.4 is 10.2 Å². The molecule has 0 bridgehead atoms. The number of morpholine rings is 1. The molecule has 0 saturated carbocycles. The SMILES string of the molecule is Cc1ccc(C)c(NC(=O)c2cnc(N3CCOCC3)nc2C)c1. The molecule has 24 heavy (non-hydrogen) atoms. The number of anilines is 2. The van der Waals surface area contributed by atoms with Crippen molar-refractivity contribution in [3.8, 4) is 0 Å². The Balaban J connectivity index is 1.78. The van der Waals surface area contributed by atoms with Crippen LogP contribution in [0.25, 0.3) is 0 Å². The highest BCUT2D eigenvalue weighted by Crippen LogP contribution is 2.19. The number of carbonyl (C=O) groups is 1. The maximum absolute atomic E-state index is 12.6. The van der Waals surface area contributed by atoms with E-state index >= 15 is 0 Å². The van der Waals surface area contributed by atoms with E-state index in [1.807, 2.05) is 39.0 Å². The van der Waals surface area contributed by atoms with Gasteiger partial charge in [0, 0.05) is 25.0 Å². The second-order valence-corrected chi connectivity index (χ2v) is 6.04. The molecule has 2 aromatic rings. The molecule has 6 nitrogen and oxygen atoms in total. The lowest BCUT2D eigenvalue weighted by Crippen LogP contribution is -2.37. The van der Waals surface area contributed by atoms with Gasteiger partial charge in [-0.05, 0) is 38.0 Å².